The van der Waals surface area contributed by atoms with Crippen LogP contribution in [0.4, 0.5) is 0 Å². The standard InChI is InChI=1S/C22H25N3O2/c26-21(23-13-6-9-17-7-2-1-3-8-17)15-22(27)24-14-12-18-16-25-20-11-5-4-10-19(18)20/h1-5,7-8,10-11,16,25H,6,9,12-15H2,(H,23,26)(H,24,27). The number of para-hydroxylation sites is 1. The first-order valence-corrected chi connectivity index (χ1v) is 9.34. The van der Waals surface area contributed by atoms with E-state index in [1.54, 1.807) is 0 Å². The number of aromatic amines is 1. The zero-order chi connectivity index (χ0) is 18.9. The Morgan fingerprint density at radius 3 is 2.33 bits per heavy atom. The van der Waals surface area contributed by atoms with E-state index in [0.717, 1.165) is 30.3 Å². The lowest BCUT2D eigenvalue weighted by molar-refractivity contribution is -0.129. The second-order valence-corrected chi connectivity index (χ2v) is 6.58. The molecule has 3 rings (SSSR count). The van der Waals surface area contributed by atoms with Crippen molar-refractivity contribution >= 4 is 22.7 Å². The molecule has 0 spiro atoms. The maximum absolute atomic E-state index is 11.9. The summed E-state index contributed by atoms with van der Waals surface area (Å²) in [5.41, 5.74) is 3.51. The second kappa shape index (κ2) is 9.57. The Morgan fingerprint density at radius 1 is 0.815 bits per heavy atom. The van der Waals surface area contributed by atoms with Crippen LogP contribution in [0.5, 0.6) is 0 Å². The van der Waals surface area contributed by atoms with Crippen molar-refractivity contribution < 1.29 is 9.59 Å². The van der Waals surface area contributed by atoms with Crippen molar-refractivity contribution in [3.63, 3.8) is 0 Å². The Bertz CT molecular complexity index is 887. The largest absolute Gasteiger partial charge is 0.361 e. The maximum atomic E-state index is 11.9. The van der Waals surface area contributed by atoms with Gasteiger partial charge in [-0.05, 0) is 36.5 Å². The molecule has 0 saturated carbocycles. The molecule has 1 aromatic heterocycles. The number of rotatable bonds is 9. The fourth-order valence-electron chi connectivity index (χ4n) is 3.11. The van der Waals surface area contributed by atoms with Crippen molar-refractivity contribution in [1.29, 1.82) is 0 Å². The highest BCUT2D eigenvalue weighted by Crippen LogP contribution is 2.17. The Kier molecular flexibility index (Phi) is 6.63. The highest BCUT2D eigenvalue weighted by molar-refractivity contribution is 5.96. The molecule has 0 aliphatic carbocycles. The Hall–Kier alpha value is -3.08. The van der Waals surface area contributed by atoms with Gasteiger partial charge in [0, 0.05) is 30.2 Å². The lowest BCUT2D eigenvalue weighted by atomic mass is 10.1. The topological polar surface area (TPSA) is 74.0 Å². The highest BCUT2D eigenvalue weighted by Gasteiger charge is 2.09. The van der Waals surface area contributed by atoms with E-state index in [0.29, 0.717) is 13.1 Å². The van der Waals surface area contributed by atoms with Gasteiger partial charge in [-0.1, -0.05) is 48.5 Å². The number of carbonyl (C=O) groups is 2. The van der Waals surface area contributed by atoms with Gasteiger partial charge in [-0.15, -0.1) is 0 Å². The van der Waals surface area contributed by atoms with Gasteiger partial charge >= 0.3 is 0 Å². The van der Waals surface area contributed by atoms with Gasteiger partial charge in [0.1, 0.15) is 6.42 Å². The molecule has 27 heavy (non-hydrogen) atoms. The molecule has 0 unspecified atom stereocenters. The van der Waals surface area contributed by atoms with Crippen LogP contribution in [-0.4, -0.2) is 29.9 Å². The monoisotopic (exact) mass is 363 g/mol. The molecule has 0 bridgehead atoms. The summed E-state index contributed by atoms with van der Waals surface area (Å²) >= 11 is 0. The van der Waals surface area contributed by atoms with Crippen LogP contribution in [0.25, 0.3) is 10.9 Å². The van der Waals surface area contributed by atoms with Crippen molar-refractivity contribution in [2.45, 2.75) is 25.7 Å². The summed E-state index contributed by atoms with van der Waals surface area (Å²) in [5.74, 6) is -0.469. The number of benzene rings is 2. The number of fused-ring (bicyclic) bond motifs is 1. The average Bonchev–Trinajstić information content (AvgIpc) is 3.09. The second-order valence-electron chi connectivity index (χ2n) is 6.58. The normalized spacial score (nSPS) is 10.7. The lowest BCUT2D eigenvalue weighted by Gasteiger charge is -2.07. The number of aromatic nitrogens is 1. The molecule has 0 aliphatic rings. The van der Waals surface area contributed by atoms with Crippen LogP contribution in [0.3, 0.4) is 0 Å². The molecule has 0 radical (unpaired) electrons. The fraction of sp³-hybridized carbons (Fsp3) is 0.273. The van der Waals surface area contributed by atoms with Crippen molar-refractivity contribution in [2.75, 3.05) is 13.1 Å². The summed E-state index contributed by atoms with van der Waals surface area (Å²) in [5, 5.41) is 6.80. The zero-order valence-electron chi connectivity index (χ0n) is 15.3. The van der Waals surface area contributed by atoms with Gasteiger partial charge in [-0.3, -0.25) is 9.59 Å². The number of carbonyl (C=O) groups excluding carboxylic acids is 2. The number of aryl methyl sites for hydroxylation is 1. The summed E-state index contributed by atoms with van der Waals surface area (Å²) < 4.78 is 0. The van der Waals surface area contributed by atoms with E-state index in [1.165, 1.54) is 10.9 Å². The van der Waals surface area contributed by atoms with E-state index in [2.05, 4.69) is 33.8 Å². The van der Waals surface area contributed by atoms with Crippen molar-refractivity contribution in [2.24, 2.45) is 0 Å². The van der Waals surface area contributed by atoms with Gasteiger partial charge in [0.15, 0.2) is 0 Å². The first kappa shape index (κ1) is 18.7. The van der Waals surface area contributed by atoms with Gasteiger partial charge in [0.05, 0.1) is 0 Å². The van der Waals surface area contributed by atoms with Crippen LogP contribution in [-0.2, 0) is 22.4 Å². The molecule has 0 fully saturated rings. The molecule has 0 aliphatic heterocycles. The number of nitrogens with one attached hydrogen (secondary N) is 3. The molecule has 5 heteroatoms. The molecule has 2 amide bonds. The van der Waals surface area contributed by atoms with Gasteiger partial charge in [-0.25, -0.2) is 0 Å². The first-order valence-electron chi connectivity index (χ1n) is 9.34. The van der Waals surface area contributed by atoms with Crippen molar-refractivity contribution in [3.05, 3.63) is 71.9 Å². The van der Waals surface area contributed by atoms with Crippen LogP contribution in [0.15, 0.2) is 60.8 Å². The average molecular weight is 363 g/mol. The minimum absolute atomic E-state index is 0.126. The molecule has 3 aromatic rings. The summed E-state index contributed by atoms with van der Waals surface area (Å²) in [7, 11) is 0. The predicted molar refractivity (Wildman–Crippen MR) is 107 cm³/mol. The molecule has 3 N–H and O–H groups in total. The van der Waals surface area contributed by atoms with Crippen molar-refractivity contribution in [1.82, 2.24) is 15.6 Å². The smallest absolute Gasteiger partial charge is 0.229 e. The van der Waals surface area contributed by atoms with E-state index >= 15 is 0 Å². The van der Waals surface area contributed by atoms with Gasteiger partial charge in [0.2, 0.25) is 11.8 Å². The van der Waals surface area contributed by atoms with Crippen LogP contribution in [0, 0.1) is 0 Å². The van der Waals surface area contributed by atoms with E-state index in [4.69, 9.17) is 0 Å². The fourth-order valence-corrected chi connectivity index (χ4v) is 3.11. The third kappa shape index (κ3) is 5.71. The Morgan fingerprint density at radius 2 is 1.52 bits per heavy atom. The quantitative estimate of drug-likeness (QED) is 0.404. The number of hydrogen-bond acceptors (Lipinski definition) is 2. The maximum Gasteiger partial charge on any atom is 0.229 e. The number of hydrogen-bond donors (Lipinski definition) is 3. The van der Waals surface area contributed by atoms with Crippen molar-refractivity contribution in [3.8, 4) is 0 Å². The van der Waals surface area contributed by atoms with Crippen LogP contribution in [0.1, 0.15) is 24.0 Å². The van der Waals surface area contributed by atoms with E-state index in [9.17, 15) is 9.59 Å². The minimum atomic E-state index is -0.240. The first-order chi connectivity index (χ1) is 13.2. The lowest BCUT2D eigenvalue weighted by Crippen LogP contribution is -2.33. The zero-order valence-corrected chi connectivity index (χ0v) is 15.3. The van der Waals surface area contributed by atoms with Gasteiger partial charge in [-0.2, -0.15) is 0 Å². The van der Waals surface area contributed by atoms with E-state index < -0.39 is 0 Å². The SMILES string of the molecule is O=C(CC(=O)NCCc1c[nH]c2ccccc12)NCCCc1ccccc1. The Balaban J connectivity index is 1.31. The molecule has 0 saturated heterocycles. The molecule has 140 valence electrons. The molecule has 5 nitrogen and oxygen atoms in total. The van der Waals surface area contributed by atoms with Crippen LogP contribution >= 0.6 is 0 Å². The van der Waals surface area contributed by atoms with E-state index in [1.807, 2.05) is 42.6 Å². The van der Waals surface area contributed by atoms with E-state index in [-0.39, 0.29) is 18.2 Å². The summed E-state index contributed by atoms with van der Waals surface area (Å²) in [6, 6.07) is 18.2. The predicted octanol–water partition coefficient (Wildman–Crippen LogP) is 2.97. The molecular weight excluding hydrogens is 338 g/mol. The molecule has 0 atom stereocenters. The number of amides is 2. The molecule has 1 heterocycles. The third-order valence-electron chi connectivity index (χ3n) is 4.52. The summed E-state index contributed by atoms with van der Waals surface area (Å²) in [6.07, 6.45) is 4.35. The number of H-pyrrole nitrogens is 1. The van der Waals surface area contributed by atoms with Crippen LogP contribution in [0.2, 0.25) is 0 Å². The molecule has 2 aromatic carbocycles. The summed E-state index contributed by atoms with van der Waals surface area (Å²) in [6.45, 7) is 1.10. The van der Waals surface area contributed by atoms with Gasteiger partial charge in [0.25, 0.3) is 0 Å². The highest BCUT2D eigenvalue weighted by atomic mass is 16.2. The van der Waals surface area contributed by atoms with Crippen LogP contribution < -0.4 is 10.6 Å². The Labute approximate surface area is 159 Å². The molecular formula is C22H25N3O2. The van der Waals surface area contributed by atoms with Gasteiger partial charge < -0.3 is 15.6 Å². The third-order valence-corrected chi connectivity index (χ3v) is 4.52. The summed E-state index contributed by atoms with van der Waals surface area (Å²) in [4.78, 5) is 27.0. The minimum Gasteiger partial charge on any atom is -0.361 e.